The first-order valence-electron chi connectivity index (χ1n) is 7.91. The highest BCUT2D eigenvalue weighted by Gasteiger charge is 2.49. The van der Waals surface area contributed by atoms with E-state index in [0.717, 1.165) is 24.1 Å². The van der Waals surface area contributed by atoms with Gasteiger partial charge in [0.15, 0.2) is 5.60 Å². The molecule has 118 valence electrons. The van der Waals surface area contributed by atoms with Crippen molar-refractivity contribution in [2.45, 2.75) is 37.7 Å². The van der Waals surface area contributed by atoms with Crippen LogP contribution in [-0.4, -0.2) is 54.1 Å². The fourth-order valence-corrected chi connectivity index (χ4v) is 4.99. The van der Waals surface area contributed by atoms with Crippen LogP contribution in [0.5, 0.6) is 0 Å². The van der Waals surface area contributed by atoms with Crippen LogP contribution in [0.1, 0.15) is 40.1 Å². The van der Waals surface area contributed by atoms with Gasteiger partial charge in [0.25, 0.3) is 5.91 Å². The molecule has 0 aromatic carbocycles. The number of carbonyl (C=O) groups excluding carboxylic acids is 2. The van der Waals surface area contributed by atoms with Crippen molar-refractivity contribution in [1.82, 2.24) is 9.80 Å². The molecule has 0 radical (unpaired) electrons. The van der Waals surface area contributed by atoms with Gasteiger partial charge >= 0.3 is 6.09 Å². The molecule has 22 heavy (non-hydrogen) atoms. The molecule has 5 nitrogen and oxygen atoms in total. The summed E-state index contributed by atoms with van der Waals surface area (Å²) in [6.07, 6.45) is 5.00. The zero-order valence-electron chi connectivity index (χ0n) is 12.8. The molecule has 1 atom stereocenters. The SMILES string of the molecule is CN1CC2(CCN(C(=O)c3scc4c3CCCC4)C2)OC1=O. The molecule has 0 N–H and O–H groups in total. The Bertz CT molecular complexity index is 641. The quantitative estimate of drug-likeness (QED) is 0.798. The first-order chi connectivity index (χ1) is 10.6. The third-order valence-corrected chi connectivity index (χ3v) is 6.10. The highest BCUT2D eigenvalue weighted by Crippen LogP contribution is 2.35. The number of likely N-dealkylation sites (tertiary alicyclic amines) is 1. The predicted molar refractivity (Wildman–Crippen MR) is 83.3 cm³/mol. The van der Waals surface area contributed by atoms with Crippen molar-refractivity contribution in [3.05, 3.63) is 21.4 Å². The van der Waals surface area contributed by atoms with E-state index in [-0.39, 0.29) is 12.0 Å². The Kier molecular flexibility index (Phi) is 3.18. The van der Waals surface area contributed by atoms with Gasteiger partial charge in [-0.05, 0) is 42.2 Å². The van der Waals surface area contributed by atoms with Crippen LogP contribution in [0.4, 0.5) is 4.79 Å². The minimum atomic E-state index is -0.487. The molecule has 3 heterocycles. The van der Waals surface area contributed by atoms with Gasteiger partial charge in [0.1, 0.15) is 0 Å². The van der Waals surface area contributed by atoms with E-state index < -0.39 is 5.60 Å². The van der Waals surface area contributed by atoms with Crippen LogP contribution in [0.3, 0.4) is 0 Å². The topological polar surface area (TPSA) is 49.9 Å². The smallest absolute Gasteiger partial charge is 0.410 e. The average molecular weight is 320 g/mol. The highest BCUT2D eigenvalue weighted by molar-refractivity contribution is 7.12. The van der Waals surface area contributed by atoms with Gasteiger partial charge in [-0.3, -0.25) is 4.79 Å². The molecule has 1 spiro atoms. The summed E-state index contributed by atoms with van der Waals surface area (Å²) in [5, 5.41) is 2.15. The van der Waals surface area contributed by atoms with Crippen LogP contribution in [-0.2, 0) is 17.6 Å². The third-order valence-electron chi connectivity index (χ3n) is 5.04. The number of carbonyl (C=O) groups is 2. The molecular formula is C16H20N2O3S. The number of nitrogens with zero attached hydrogens (tertiary/aromatic N) is 2. The molecule has 4 rings (SSSR count). The average Bonchev–Trinajstić information content (AvgIpc) is 3.17. The largest absolute Gasteiger partial charge is 0.439 e. The number of hydrogen-bond acceptors (Lipinski definition) is 4. The summed E-state index contributed by atoms with van der Waals surface area (Å²) >= 11 is 1.58. The molecule has 1 unspecified atom stereocenters. The minimum Gasteiger partial charge on any atom is -0.439 e. The van der Waals surface area contributed by atoms with E-state index in [9.17, 15) is 9.59 Å². The number of ether oxygens (including phenoxy) is 1. The lowest BCUT2D eigenvalue weighted by atomic mass is 9.93. The number of likely N-dealkylation sites (N-methyl/N-ethyl adjacent to an activating group) is 1. The summed E-state index contributed by atoms with van der Waals surface area (Å²) in [5.41, 5.74) is 2.14. The number of thiophene rings is 1. The molecule has 1 aliphatic carbocycles. The molecule has 1 aromatic rings. The van der Waals surface area contributed by atoms with Crippen molar-refractivity contribution in [3.63, 3.8) is 0 Å². The summed E-state index contributed by atoms with van der Waals surface area (Å²) in [7, 11) is 1.75. The van der Waals surface area contributed by atoms with Gasteiger partial charge in [0.2, 0.25) is 0 Å². The van der Waals surface area contributed by atoms with Crippen molar-refractivity contribution in [1.29, 1.82) is 0 Å². The molecule has 0 bridgehead atoms. The lowest BCUT2D eigenvalue weighted by molar-refractivity contribution is 0.0554. The monoisotopic (exact) mass is 320 g/mol. The zero-order chi connectivity index (χ0) is 15.3. The first-order valence-corrected chi connectivity index (χ1v) is 8.79. The van der Waals surface area contributed by atoms with E-state index in [1.165, 1.54) is 24.0 Å². The fourth-order valence-electron chi connectivity index (χ4n) is 3.86. The van der Waals surface area contributed by atoms with Crippen LogP contribution in [0, 0.1) is 0 Å². The number of fused-ring (bicyclic) bond motifs is 1. The molecule has 1 aromatic heterocycles. The predicted octanol–water partition coefficient (Wildman–Crippen LogP) is 2.29. The first kappa shape index (κ1) is 14.1. The Morgan fingerprint density at radius 1 is 1.32 bits per heavy atom. The number of rotatable bonds is 1. The van der Waals surface area contributed by atoms with E-state index in [1.807, 2.05) is 4.90 Å². The molecule has 3 aliphatic rings. The van der Waals surface area contributed by atoms with Gasteiger partial charge < -0.3 is 14.5 Å². The van der Waals surface area contributed by atoms with Crippen molar-refractivity contribution in [3.8, 4) is 0 Å². The van der Waals surface area contributed by atoms with Crippen molar-refractivity contribution in [2.75, 3.05) is 26.7 Å². The normalized spacial score (nSPS) is 27.4. The number of amides is 2. The second kappa shape index (κ2) is 4.98. The van der Waals surface area contributed by atoms with E-state index >= 15 is 0 Å². The molecule has 6 heteroatoms. The minimum absolute atomic E-state index is 0.121. The lowest BCUT2D eigenvalue weighted by Crippen LogP contribution is -2.39. The molecule has 0 saturated carbocycles. The van der Waals surface area contributed by atoms with E-state index in [0.29, 0.717) is 19.6 Å². The summed E-state index contributed by atoms with van der Waals surface area (Å²) in [5.74, 6) is 0.121. The highest BCUT2D eigenvalue weighted by atomic mass is 32.1. The van der Waals surface area contributed by atoms with Crippen molar-refractivity contribution < 1.29 is 14.3 Å². The van der Waals surface area contributed by atoms with Gasteiger partial charge in [-0.1, -0.05) is 0 Å². The second-order valence-electron chi connectivity index (χ2n) is 6.66. The Balaban J connectivity index is 1.53. The molecule has 2 saturated heterocycles. The van der Waals surface area contributed by atoms with Gasteiger partial charge in [0, 0.05) is 20.0 Å². The second-order valence-corrected chi connectivity index (χ2v) is 7.54. The lowest BCUT2D eigenvalue weighted by Gasteiger charge is -2.22. The van der Waals surface area contributed by atoms with Gasteiger partial charge in [-0.15, -0.1) is 11.3 Å². The van der Waals surface area contributed by atoms with Gasteiger partial charge in [0.05, 0.1) is 18.0 Å². The standard InChI is InChI=1S/C16H20N2O3S/c1-17-9-16(21-15(17)20)6-7-18(10-16)14(19)13-12-5-3-2-4-11(12)8-22-13/h8H,2-7,9-10H2,1H3. The summed E-state index contributed by atoms with van der Waals surface area (Å²) in [4.78, 5) is 28.9. The van der Waals surface area contributed by atoms with Crippen LogP contribution >= 0.6 is 11.3 Å². The zero-order valence-corrected chi connectivity index (χ0v) is 13.6. The van der Waals surface area contributed by atoms with E-state index in [1.54, 1.807) is 23.3 Å². The summed E-state index contributed by atoms with van der Waals surface area (Å²) in [6.45, 7) is 1.78. The summed E-state index contributed by atoms with van der Waals surface area (Å²) in [6, 6.07) is 0. The van der Waals surface area contributed by atoms with Crippen LogP contribution in [0.2, 0.25) is 0 Å². The Morgan fingerprint density at radius 2 is 2.14 bits per heavy atom. The van der Waals surface area contributed by atoms with E-state index in [2.05, 4.69) is 5.38 Å². The molecule has 2 fully saturated rings. The molecular weight excluding hydrogens is 300 g/mol. The van der Waals surface area contributed by atoms with Crippen LogP contribution < -0.4 is 0 Å². The maximum absolute atomic E-state index is 12.9. The van der Waals surface area contributed by atoms with Crippen molar-refractivity contribution in [2.24, 2.45) is 0 Å². The molecule has 2 amide bonds. The van der Waals surface area contributed by atoms with Crippen molar-refractivity contribution >= 4 is 23.3 Å². The fraction of sp³-hybridized carbons (Fsp3) is 0.625. The Labute approximate surface area is 133 Å². The number of aryl methyl sites for hydroxylation is 1. The number of hydrogen-bond donors (Lipinski definition) is 0. The third kappa shape index (κ3) is 2.12. The van der Waals surface area contributed by atoms with Crippen LogP contribution in [0.25, 0.3) is 0 Å². The van der Waals surface area contributed by atoms with Gasteiger partial charge in [-0.25, -0.2) is 4.79 Å². The molecule has 2 aliphatic heterocycles. The summed E-state index contributed by atoms with van der Waals surface area (Å²) < 4.78 is 5.53. The Morgan fingerprint density at radius 3 is 2.91 bits per heavy atom. The maximum Gasteiger partial charge on any atom is 0.410 e. The van der Waals surface area contributed by atoms with Crippen LogP contribution in [0.15, 0.2) is 5.38 Å². The maximum atomic E-state index is 12.9. The van der Waals surface area contributed by atoms with Gasteiger partial charge in [-0.2, -0.15) is 0 Å². The Hall–Kier alpha value is -1.56. The van der Waals surface area contributed by atoms with E-state index in [4.69, 9.17) is 4.74 Å².